The average Bonchev–Trinajstić information content (AvgIpc) is 1.98. The van der Waals surface area contributed by atoms with Crippen molar-refractivity contribution in [1.29, 1.82) is 0 Å². The maximum atomic E-state index is 12.4. The molecule has 1 aliphatic carbocycles. The van der Waals surface area contributed by atoms with Gasteiger partial charge in [0.15, 0.2) is 6.10 Å². The van der Waals surface area contributed by atoms with Gasteiger partial charge in [-0.2, -0.15) is 35.1 Å². The van der Waals surface area contributed by atoms with Crippen LogP contribution in [-0.4, -0.2) is 34.9 Å². The molecule has 0 aliphatic heterocycles. The molecule has 90 valence electrons. The number of aliphatic hydroxyl groups excluding tert-OH is 1. The Morgan fingerprint density at radius 3 is 1.27 bits per heavy atom. The van der Waals surface area contributed by atoms with Crippen LogP contribution in [0.3, 0.4) is 0 Å². The summed E-state index contributed by atoms with van der Waals surface area (Å²) in [4.78, 5) is 0. The van der Waals surface area contributed by atoms with Crippen molar-refractivity contribution in [3.63, 3.8) is 0 Å². The minimum atomic E-state index is -5.59. The Hall–Kier alpha value is -0.600. The van der Waals surface area contributed by atoms with Gasteiger partial charge in [0.1, 0.15) is 0 Å². The number of hydrogen-bond donors (Lipinski definition) is 1. The molecule has 0 aromatic heterocycles. The number of halogens is 8. The molecule has 1 nitrogen and oxygen atoms in total. The minimum Gasteiger partial charge on any atom is -0.381 e. The summed E-state index contributed by atoms with van der Waals surface area (Å²) in [6, 6.07) is 0. The molecule has 0 spiro atoms. The van der Waals surface area contributed by atoms with Crippen LogP contribution in [-0.2, 0) is 0 Å². The van der Waals surface area contributed by atoms with Crippen molar-refractivity contribution >= 4 is 0 Å². The Bertz CT molecular complexity index is 246. The predicted octanol–water partition coefficient (Wildman–Crippen LogP) is 2.29. The highest BCUT2D eigenvalue weighted by Gasteiger charge is 2.81. The van der Waals surface area contributed by atoms with Gasteiger partial charge in [-0.3, -0.25) is 0 Å². The first-order valence-electron chi connectivity index (χ1n) is 3.55. The molecule has 0 radical (unpaired) electrons. The lowest BCUT2D eigenvalue weighted by Crippen LogP contribution is -2.69. The minimum absolute atomic E-state index is 3.00. The summed E-state index contributed by atoms with van der Waals surface area (Å²) in [5.74, 6) is -21.9. The van der Waals surface area contributed by atoms with Crippen molar-refractivity contribution in [3.8, 4) is 0 Å². The molecule has 1 saturated carbocycles. The highest BCUT2D eigenvalue weighted by molar-refractivity contribution is 5.10. The van der Waals surface area contributed by atoms with Gasteiger partial charge in [0.05, 0.1) is 6.42 Å². The van der Waals surface area contributed by atoms with Crippen LogP contribution in [0.1, 0.15) is 6.42 Å². The van der Waals surface area contributed by atoms with E-state index >= 15 is 0 Å². The summed E-state index contributed by atoms with van der Waals surface area (Å²) in [6.45, 7) is 0. The molecule has 9 heteroatoms. The number of alkyl halides is 8. The average molecular weight is 244 g/mol. The van der Waals surface area contributed by atoms with Gasteiger partial charge in [-0.1, -0.05) is 0 Å². The van der Waals surface area contributed by atoms with Crippen LogP contribution < -0.4 is 0 Å². The molecule has 0 unspecified atom stereocenters. The summed E-state index contributed by atoms with van der Waals surface area (Å²) >= 11 is 0. The van der Waals surface area contributed by atoms with Crippen LogP contribution in [0.25, 0.3) is 0 Å². The highest BCUT2D eigenvalue weighted by atomic mass is 19.3. The lowest BCUT2D eigenvalue weighted by Gasteiger charge is -2.43. The normalized spacial score (nSPS) is 32.6. The smallest absolute Gasteiger partial charge is 0.341 e. The van der Waals surface area contributed by atoms with Crippen LogP contribution in [0.15, 0.2) is 0 Å². The topological polar surface area (TPSA) is 20.2 Å². The van der Waals surface area contributed by atoms with E-state index in [1.165, 1.54) is 0 Å². The highest BCUT2D eigenvalue weighted by Crippen LogP contribution is 2.57. The zero-order valence-corrected chi connectivity index (χ0v) is 6.76. The van der Waals surface area contributed by atoms with E-state index in [1.807, 2.05) is 0 Å². The molecule has 1 N–H and O–H groups in total. The second-order valence-corrected chi connectivity index (χ2v) is 3.23. The van der Waals surface area contributed by atoms with Crippen LogP contribution >= 0.6 is 0 Å². The van der Waals surface area contributed by atoms with E-state index in [0.717, 1.165) is 0 Å². The summed E-state index contributed by atoms with van der Waals surface area (Å²) in [5, 5.41) is 8.18. The summed E-state index contributed by atoms with van der Waals surface area (Å²) in [5.41, 5.74) is 0. The van der Waals surface area contributed by atoms with E-state index in [1.54, 1.807) is 0 Å². The van der Waals surface area contributed by atoms with E-state index in [9.17, 15) is 35.1 Å². The van der Waals surface area contributed by atoms with Gasteiger partial charge in [-0.05, 0) is 0 Å². The summed E-state index contributed by atoms with van der Waals surface area (Å²) in [7, 11) is 0. The molecule has 0 aromatic rings. The third kappa shape index (κ3) is 1.39. The van der Waals surface area contributed by atoms with Gasteiger partial charge in [-0.15, -0.1) is 0 Å². The zero-order valence-electron chi connectivity index (χ0n) is 6.76. The van der Waals surface area contributed by atoms with Gasteiger partial charge in [-0.25, -0.2) is 0 Å². The lowest BCUT2D eigenvalue weighted by molar-refractivity contribution is -0.388. The first kappa shape index (κ1) is 12.5. The van der Waals surface area contributed by atoms with Crippen molar-refractivity contribution < 1.29 is 40.2 Å². The molecule has 1 rings (SSSR count). The van der Waals surface area contributed by atoms with E-state index in [0.29, 0.717) is 0 Å². The Labute approximate surface area is 77.7 Å². The Morgan fingerprint density at radius 2 is 1.00 bits per heavy atom. The Kier molecular flexibility index (Phi) is 2.28. The third-order valence-corrected chi connectivity index (χ3v) is 2.11. The second kappa shape index (κ2) is 2.74. The molecule has 0 heterocycles. The van der Waals surface area contributed by atoms with E-state index in [4.69, 9.17) is 5.11 Å². The molecule has 0 aromatic carbocycles. The number of hydrogen-bond acceptors (Lipinski definition) is 1. The van der Waals surface area contributed by atoms with E-state index in [-0.39, 0.29) is 0 Å². The SMILES string of the molecule is OC1C(F)(F)C(F)(F)CC(F)(F)C1(F)F. The first-order valence-corrected chi connectivity index (χ1v) is 3.55. The molecular formula is C6H4F8O. The summed E-state index contributed by atoms with van der Waals surface area (Å²) < 4.78 is 99.0. The van der Waals surface area contributed by atoms with E-state index < -0.39 is 36.2 Å². The van der Waals surface area contributed by atoms with Crippen molar-refractivity contribution in [1.82, 2.24) is 0 Å². The fraction of sp³-hybridized carbons (Fsp3) is 1.00. The molecule has 0 amide bonds. The fourth-order valence-corrected chi connectivity index (χ4v) is 1.14. The van der Waals surface area contributed by atoms with Gasteiger partial charge >= 0.3 is 23.7 Å². The maximum absolute atomic E-state index is 12.4. The zero-order chi connectivity index (χ0) is 12.3. The van der Waals surface area contributed by atoms with Crippen molar-refractivity contribution in [3.05, 3.63) is 0 Å². The Balaban J connectivity index is 3.24. The number of aliphatic hydroxyl groups is 1. The van der Waals surface area contributed by atoms with Gasteiger partial charge < -0.3 is 5.11 Å². The molecular weight excluding hydrogens is 240 g/mol. The largest absolute Gasteiger partial charge is 0.381 e. The second-order valence-electron chi connectivity index (χ2n) is 3.23. The van der Waals surface area contributed by atoms with Gasteiger partial charge in [0, 0.05) is 0 Å². The monoisotopic (exact) mass is 244 g/mol. The molecule has 0 saturated heterocycles. The van der Waals surface area contributed by atoms with Crippen LogP contribution in [0.5, 0.6) is 0 Å². The van der Waals surface area contributed by atoms with Crippen LogP contribution in [0, 0.1) is 0 Å². The fourth-order valence-electron chi connectivity index (χ4n) is 1.14. The summed E-state index contributed by atoms with van der Waals surface area (Å²) in [6.07, 6.45) is -7.42. The third-order valence-electron chi connectivity index (χ3n) is 2.11. The van der Waals surface area contributed by atoms with Crippen molar-refractivity contribution in [2.45, 2.75) is 36.2 Å². The van der Waals surface area contributed by atoms with Crippen molar-refractivity contribution in [2.75, 3.05) is 0 Å². The van der Waals surface area contributed by atoms with E-state index in [2.05, 4.69) is 0 Å². The quantitative estimate of drug-likeness (QED) is 0.648. The molecule has 1 fully saturated rings. The lowest BCUT2D eigenvalue weighted by atomic mass is 9.84. The van der Waals surface area contributed by atoms with Crippen LogP contribution in [0.4, 0.5) is 35.1 Å². The first-order chi connectivity index (χ1) is 6.36. The molecule has 15 heavy (non-hydrogen) atoms. The number of rotatable bonds is 0. The van der Waals surface area contributed by atoms with Crippen molar-refractivity contribution in [2.24, 2.45) is 0 Å². The molecule has 1 aliphatic rings. The van der Waals surface area contributed by atoms with Gasteiger partial charge in [0.2, 0.25) is 0 Å². The standard InChI is InChI=1S/C6H4F8O/c7-3(8)1-4(9,10)6(13,14)2(15)5(3,11)12/h2,15H,1H2. The Morgan fingerprint density at radius 1 is 0.733 bits per heavy atom. The van der Waals surface area contributed by atoms with Gasteiger partial charge in [0.25, 0.3) is 0 Å². The molecule has 0 atom stereocenters. The molecule has 0 bridgehead atoms. The van der Waals surface area contributed by atoms with Crippen LogP contribution in [0.2, 0.25) is 0 Å². The predicted molar refractivity (Wildman–Crippen MR) is 30.4 cm³/mol. The maximum Gasteiger partial charge on any atom is 0.341 e.